The molecule has 7 nitrogen and oxygen atoms in total. The van der Waals surface area contributed by atoms with Crippen LogP contribution in [0.15, 0.2) is 65.5 Å². The molecule has 0 aliphatic heterocycles. The van der Waals surface area contributed by atoms with Crippen molar-refractivity contribution >= 4 is 32.6 Å². The third kappa shape index (κ3) is 2.93. The van der Waals surface area contributed by atoms with Gasteiger partial charge in [0.2, 0.25) is 0 Å². The van der Waals surface area contributed by atoms with E-state index in [4.69, 9.17) is 4.74 Å². The highest BCUT2D eigenvalue weighted by Crippen LogP contribution is 2.25. The zero-order chi connectivity index (χ0) is 18.2. The van der Waals surface area contributed by atoms with Crippen molar-refractivity contribution in [2.24, 2.45) is 0 Å². The highest BCUT2D eigenvalue weighted by Gasteiger charge is 2.11. The van der Waals surface area contributed by atoms with Gasteiger partial charge in [0.25, 0.3) is 0 Å². The Morgan fingerprint density at radius 1 is 1.07 bits per heavy atom. The maximum atomic E-state index is 5.85. The van der Waals surface area contributed by atoms with Crippen LogP contribution in [0.2, 0.25) is 0 Å². The summed E-state index contributed by atoms with van der Waals surface area (Å²) in [5.74, 6) is 1.46. The van der Waals surface area contributed by atoms with Gasteiger partial charge in [0.05, 0.1) is 16.1 Å². The topological polar surface area (TPSA) is 81.0 Å². The molecule has 5 rings (SSSR count). The lowest BCUT2D eigenvalue weighted by atomic mass is 10.1. The van der Waals surface area contributed by atoms with E-state index in [1.807, 2.05) is 48.5 Å². The van der Waals surface area contributed by atoms with Gasteiger partial charge in [-0.15, -0.1) is 5.10 Å². The second-order valence-electron chi connectivity index (χ2n) is 6.00. The normalized spacial score (nSPS) is 11.3. The zero-order valence-corrected chi connectivity index (χ0v) is 15.6. The number of fused-ring (bicyclic) bond motifs is 3. The van der Waals surface area contributed by atoms with Crippen LogP contribution in [0.25, 0.3) is 28.1 Å². The molecule has 0 amide bonds. The Hall–Kier alpha value is -3.26. The van der Waals surface area contributed by atoms with Gasteiger partial charge < -0.3 is 4.74 Å². The molecule has 0 unspecified atom stereocenters. The third-order valence-electron chi connectivity index (χ3n) is 4.23. The van der Waals surface area contributed by atoms with Crippen LogP contribution in [0.5, 0.6) is 5.75 Å². The van der Waals surface area contributed by atoms with Gasteiger partial charge in [0, 0.05) is 5.56 Å². The lowest BCUT2D eigenvalue weighted by molar-refractivity contribution is 0.304. The number of hydrogen-bond donors (Lipinski definition) is 1. The number of hydrogen-bond acceptors (Lipinski definition) is 5. The first kappa shape index (κ1) is 16.0. The standard InChI is InChI=1S/C19H13BrN6O/c20-15-3-1-2-4-16(15)27-10-12-5-7-13(8-6-12)17-23-19-14-9-22-24-18(14)21-11-26(19)25-17/h1-9,11H,10H2,(H,22,24). The number of aromatic amines is 1. The molecule has 3 heterocycles. The Labute approximate surface area is 162 Å². The number of ether oxygens (including phenoxy) is 1. The first-order valence-corrected chi connectivity index (χ1v) is 9.08. The molecule has 3 aromatic heterocycles. The number of halogens is 1. The number of nitrogens with zero attached hydrogens (tertiary/aromatic N) is 5. The van der Waals surface area contributed by atoms with Gasteiger partial charge in [-0.2, -0.15) is 5.10 Å². The molecule has 1 N–H and O–H groups in total. The SMILES string of the molecule is Brc1ccccc1OCc1ccc(-c2nc3c4cn[nH]c4ncn3n2)cc1. The van der Waals surface area contributed by atoms with E-state index in [2.05, 4.69) is 41.2 Å². The largest absolute Gasteiger partial charge is 0.488 e. The van der Waals surface area contributed by atoms with Gasteiger partial charge in [-0.05, 0) is 33.6 Å². The summed E-state index contributed by atoms with van der Waals surface area (Å²) in [6.45, 7) is 0.487. The van der Waals surface area contributed by atoms with Crippen LogP contribution in [0, 0.1) is 0 Å². The Balaban J connectivity index is 1.40. The fourth-order valence-corrected chi connectivity index (χ4v) is 3.24. The maximum Gasteiger partial charge on any atom is 0.182 e. The van der Waals surface area contributed by atoms with Crippen molar-refractivity contribution in [1.29, 1.82) is 0 Å². The number of para-hydroxylation sites is 1. The van der Waals surface area contributed by atoms with Crippen LogP contribution < -0.4 is 4.74 Å². The summed E-state index contributed by atoms with van der Waals surface area (Å²) < 4.78 is 8.46. The van der Waals surface area contributed by atoms with Crippen LogP contribution in [-0.4, -0.2) is 29.8 Å². The molecule has 0 aliphatic rings. The van der Waals surface area contributed by atoms with Crippen LogP contribution >= 0.6 is 15.9 Å². The predicted molar refractivity (Wildman–Crippen MR) is 104 cm³/mol. The first-order chi connectivity index (χ1) is 13.3. The summed E-state index contributed by atoms with van der Waals surface area (Å²) >= 11 is 3.49. The molecule has 0 radical (unpaired) electrons. The van der Waals surface area contributed by atoms with Crippen LogP contribution in [0.1, 0.15) is 5.56 Å². The van der Waals surface area contributed by atoms with Gasteiger partial charge in [0.1, 0.15) is 18.7 Å². The van der Waals surface area contributed by atoms with Gasteiger partial charge in [-0.3, -0.25) is 5.10 Å². The van der Waals surface area contributed by atoms with Gasteiger partial charge in [-0.1, -0.05) is 36.4 Å². The van der Waals surface area contributed by atoms with Crippen LogP contribution in [0.4, 0.5) is 0 Å². The van der Waals surface area contributed by atoms with E-state index in [0.29, 0.717) is 18.1 Å². The Kier molecular flexibility index (Phi) is 3.83. The number of rotatable bonds is 4. The highest BCUT2D eigenvalue weighted by molar-refractivity contribution is 9.10. The minimum Gasteiger partial charge on any atom is -0.488 e. The molecule has 8 heteroatoms. The van der Waals surface area contributed by atoms with Crippen molar-refractivity contribution in [2.45, 2.75) is 6.61 Å². The summed E-state index contributed by atoms with van der Waals surface area (Å²) in [5, 5.41) is 12.2. The second-order valence-corrected chi connectivity index (χ2v) is 6.85. The summed E-state index contributed by atoms with van der Waals surface area (Å²) in [6, 6.07) is 15.8. The van der Waals surface area contributed by atoms with Crippen molar-refractivity contribution in [2.75, 3.05) is 0 Å². The van der Waals surface area contributed by atoms with E-state index >= 15 is 0 Å². The number of H-pyrrole nitrogens is 1. The molecule has 0 bridgehead atoms. The Bertz CT molecular complexity index is 1240. The monoisotopic (exact) mass is 420 g/mol. The van der Waals surface area contributed by atoms with Crippen LogP contribution in [-0.2, 0) is 6.61 Å². The van der Waals surface area contributed by atoms with E-state index < -0.39 is 0 Å². The minimum atomic E-state index is 0.487. The Morgan fingerprint density at radius 2 is 1.93 bits per heavy atom. The summed E-state index contributed by atoms with van der Waals surface area (Å²) in [7, 11) is 0. The number of benzene rings is 2. The third-order valence-corrected chi connectivity index (χ3v) is 4.89. The van der Waals surface area contributed by atoms with Crippen molar-refractivity contribution in [1.82, 2.24) is 29.8 Å². The average molecular weight is 421 g/mol. The fourth-order valence-electron chi connectivity index (χ4n) is 2.84. The molecule has 0 atom stereocenters. The molecule has 5 aromatic rings. The quantitative estimate of drug-likeness (QED) is 0.474. The molecule has 132 valence electrons. The maximum absolute atomic E-state index is 5.85. The summed E-state index contributed by atoms with van der Waals surface area (Å²) in [6.07, 6.45) is 3.34. The van der Waals surface area contributed by atoms with Gasteiger partial charge >= 0.3 is 0 Å². The van der Waals surface area contributed by atoms with E-state index in [1.54, 1.807) is 17.0 Å². The molecule has 27 heavy (non-hydrogen) atoms. The predicted octanol–water partition coefficient (Wildman–Crippen LogP) is 4.01. The molecule has 0 saturated carbocycles. The lowest BCUT2D eigenvalue weighted by Crippen LogP contribution is -1.96. The summed E-state index contributed by atoms with van der Waals surface area (Å²) in [4.78, 5) is 8.91. The molecule has 0 saturated heterocycles. The van der Waals surface area contributed by atoms with Crippen LogP contribution in [0.3, 0.4) is 0 Å². The lowest BCUT2D eigenvalue weighted by Gasteiger charge is -2.08. The molecule has 0 spiro atoms. The van der Waals surface area contributed by atoms with E-state index in [0.717, 1.165) is 32.4 Å². The average Bonchev–Trinajstić information content (AvgIpc) is 3.34. The van der Waals surface area contributed by atoms with Gasteiger partial charge in [-0.25, -0.2) is 14.5 Å². The summed E-state index contributed by atoms with van der Waals surface area (Å²) in [5.41, 5.74) is 3.42. The molecule has 2 aromatic carbocycles. The number of aromatic nitrogens is 6. The van der Waals surface area contributed by atoms with E-state index in [9.17, 15) is 0 Å². The van der Waals surface area contributed by atoms with Gasteiger partial charge in [0.15, 0.2) is 17.1 Å². The highest BCUT2D eigenvalue weighted by atomic mass is 79.9. The first-order valence-electron chi connectivity index (χ1n) is 8.29. The van der Waals surface area contributed by atoms with Crippen molar-refractivity contribution < 1.29 is 4.74 Å². The molecular weight excluding hydrogens is 408 g/mol. The fraction of sp³-hybridized carbons (Fsp3) is 0.0526. The van der Waals surface area contributed by atoms with E-state index in [1.165, 1.54) is 0 Å². The van der Waals surface area contributed by atoms with Crippen molar-refractivity contribution in [3.8, 4) is 17.1 Å². The number of nitrogens with one attached hydrogen (secondary N) is 1. The van der Waals surface area contributed by atoms with Crippen molar-refractivity contribution in [3.63, 3.8) is 0 Å². The Morgan fingerprint density at radius 3 is 2.78 bits per heavy atom. The van der Waals surface area contributed by atoms with E-state index in [-0.39, 0.29) is 0 Å². The second kappa shape index (κ2) is 6.48. The molecule has 0 aliphatic carbocycles. The van der Waals surface area contributed by atoms with Crippen molar-refractivity contribution in [3.05, 3.63) is 71.1 Å². The smallest absolute Gasteiger partial charge is 0.182 e. The molecule has 0 fully saturated rings. The minimum absolute atomic E-state index is 0.487. The zero-order valence-electron chi connectivity index (χ0n) is 14.0. The molecular formula is C19H13BrN6O.